The maximum absolute atomic E-state index is 12.0. The van der Waals surface area contributed by atoms with E-state index in [1.54, 1.807) is 53.8 Å². The Morgan fingerprint density at radius 1 is 0.860 bits per heavy atom. The van der Waals surface area contributed by atoms with Crippen molar-refractivity contribution in [2.24, 2.45) is 0 Å². The summed E-state index contributed by atoms with van der Waals surface area (Å²) in [4.78, 5) is 23.1. The number of sulfonamides is 1. The molecule has 12 nitrogen and oxygen atoms in total. The lowest BCUT2D eigenvalue weighted by Crippen LogP contribution is -2.37. The number of aliphatic hydroxyl groups is 1. The van der Waals surface area contributed by atoms with E-state index in [9.17, 15) is 28.2 Å². The molecule has 300 valence electrons. The molecule has 0 radical (unpaired) electrons. The van der Waals surface area contributed by atoms with Crippen LogP contribution in [0.2, 0.25) is 5.02 Å². The fraction of sp³-hybridized carbons (Fsp3) is 0.238. The molecule has 1 atom stereocenters. The van der Waals surface area contributed by atoms with Crippen LogP contribution in [0.4, 0.5) is 5.69 Å². The largest absolute Gasteiger partial charge is 0.506 e. The van der Waals surface area contributed by atoms with Gasteiger partial charge in [0.1, 0.15) is 23.9 Å². The Morgan fingerprint density at radius 2 is 1.54 bits per heavy atom. The third-order valence-electron chi connectivity index (χ3n) is 8.55. The van der Waals surface area contributed by atoms with E-state index < -0.39 is 27.7 Å². The molecule has 6 rings (SSSR count). The molecule has 57 heavy (non-hydrogen) atoms. The van der Waals surface area contributed by atoms with E-state index in [4.69, 9.17) is 26.2 Å². The lowest BCUT2D eigenvalue weighted by atomic mass is 10.1. The van der Waals surface area contributed by atoms with E-state index in [1.807, 2.05) is 36.4 Å². The molecule has 0 fully saturated rings. The molecule has 6 N–H and O–H groups in total. The van der Waals surface area contributed by atoms with E-state index in [1.165, 1.54) is 46.2 Å². The number of hydrogen-bond donors (Lipinski definition) is 6. The number of benzene rings is 5. The van der Waals surface area contributed by atoms with Crippen LogP contribution in [-0.4, -0.2) is 73.7 Å². The Balaban J connectivity index is 0.000000225. The quantitative estimate of drug-likeness (QED) is 0.0425. The molecule has 0 bridgehead atoms. The zero-order valence-corrected chi connectivity index (χ0v) is 33.9. The van der Waals surface area contributed by atoms with Crippen LogP contribution in [0.15, 0.2) is 109 Å². The van der Waals surface area contributed by atoms with E-state index in [0.717, 1.165) is 17.6 Å². The number of aliphatic carboxylic acids is 1. The molecular weight excluding hydrogens is 790 g/mol. The Bertz CT molecular complexity index is 2420. The van der Waals surface area contributed by atoms with Crippen LogP contribution in [-0.2, 0) is 21.2 Å². The molecular formula is C42H44ClN3O9S2. The summed E-state index contributed by atoms with van der Waals surface area (Å²) in [6.07, 6.45) is 0.781. The first-order valence-electron chi connectivity index (χ1n) is 17.9. The van der Waals surface area contributed by atoms with Gasteiger partial charge in [0, 0.05) is 50.4 Å². The second kappa shape index (κ2) is 19.2. The summed E-state index contributed by atoms with van der Waals surface area (Å²) in [5.41, 5.74) is 0.802. The highest BCUT2D eigenvalue weighted by Gasteiger charge is 2.29. The lowest BCUT2D eigenvalue weighted by molar-refractivity contribution is -0.152. The van der Waals surface area contributed by atoms with Crippen molar-refractivity contribution in [2.45, 2.75) is 32.0 Å². The number of thiophene rings is 1. The number of halogens is 1. The van der Waals surface area contributed by atoms with Gasteiger partial charge >= 0.3 is 5.97 Å². The third-order valence-corrected chi connectivity index (χ3v) is 10.5. The van der Waals surface area contributed by atoms with Gasteiger partial charge in [-0.15, -0.1) is 11.3 Å². The van der Waals surface area contributed by atoms with Gasteiger partial charge in [-0.1, -0.05) is 48.0 Å². The summed E-state index contributed by atoms with van der Waals surface area (Å²) in [5.74, 6) is -0.104. The van der Waals surface area contributed by atoms with Crippen LogP contribution in [0.25, 0.3) is 20.2 Å². The molecule has 0 unspecified atom stereocenters. The van der Waals surface area contributed by atoms with Gasteiger partial charge < -0.3 is 35.4 Å². The molecule has 1 heterocycles. The Hall–Kier alpha value is -5.38. The summed E-state index contributed by atoms with van der Waals surface area (Å²) in [7, 11) is -3.54. The highest BCUT2D eigenvalue weighted by Crippen LogP contribution is 2.35. The van der Waals surface area contributed by atoms with E-state index in [-0.39, 0.29) is 23.9 Å². The van der Waals surface area contributed by atoms with Crippen LogP contribution in [0.5, 0.6) is 17.2 Å². The van der Waals surface area contributed by atoms with Gasteiger partial charge in [0.15, 0.2) is 5.60 Å². The van der Waals surface area contributed by atoms with E-state index >= 15 is 0 Å². The number of rotatable bonds is 16. The molecule has 1 aromatic heterocycles. The fourth-order valence-electron chi connectivity index (χ4n) is 5.52. The van der Waals surface area contributed by atoms with Gasteiger partial charge in [-0.05, 0) is 104 Å². The number of carbonyl (C=O) groups is 2. The fourth-order valence-corrected chi connectivity index (χ4v) is 7.35. The number of aliphatic hydroxyl groups excluding tert-OH is 1. The molecule has 0 spiro atoms. The molecule has 0 saturated heterocycles. The monoisotopic (exact) mass is 833 g/mol. The third kappa shape index (κ3) is 12.6. The summed E-state index contributed by atoms with van der Waals surface area (Å²) in [6.45, 7) is 4.68. The lowest BCUT2D eigenvalue weighted by Gasteiger charge is -2.21. The highest BCUT2D eigenvalue weighted by molar-refractivity contribution is 7.92. The zero-order chi connectivity index (χ0) is 41.2. The molecule has 0 aliphatic heterocycles. The molecule has 6 aromatic rings. The number of amides is 1. The van der Waals surface area contributed by atoms with Crippen molar-refractivity contribution in [1.29, 1.82) is 0 Å². The Labute approximate surface area is 340 Å². The maximum atomic E-state index is 12.0. The summed E-state index contributed by atoms with van der Waals surface area (Å²) >= 11 is 7.53. The van der Waals surface area contributed by atoms with Crippen LogP contribution in [0.1, 0.15) is 41.4 Å². The standard InChI is InChI=1S/C23H24N2O5S2.C19H20ClNO4/c1-32(28,29)25-19-12-15(6-9-20(19)26)21(27)14-24-10-11-30-16-7-8-18-17-4-2-3-5-22(17)31-23(18)13-16;1-19(2,18(23)24)25-16-9-3-13(4-10-16)11-12-21-17(22)14-5-7-15(20)8-6-14/h2-9,12-13,21,24-27H,10-11,14H2,1H3;3-10H,11-12H2,1-2H3,(H,21,22)(H,23,24)/t21-;/m0./s1. The van der Waals surface area contributed by atoms with Crippen LogP contribution >= 0.6 is 22.9 Å². The number of carboxylic acids is 1. The van der Waals surface area contributed by atoms with Crippen molar-refractivity contribution in [1.82, 2.24) is 10.6 Å². The van der Waals surface area contributed by atoms with Crippen molar-refractivity contribution < 1.29 is 42.8 Å². The first-order chi connectivity index (χ1) is 27.1. The predicted octanol–water partition coefficient (Wildman–Crippen LogP) is 7.39. The van der Waals surface area contributed by atoms with Crippen LogP contribution in [0.3, 0.4) is 0 Å². The minimum atomic E-state index is -3.54. The zero-order valence-electron chi connectivity index (χ0n) is 31.5. The van der Waals surface area contributed by atoms with Crippen LogP contribution in [0, 0.1) is 0 Å². The second-order valence-electron chi connectivity index (χ2n) is 13.5. The average Bonchev–Trinajstić information content (AvgIpc) is 3.54. The molecule has 0 saturated carbocycles. The van der Waals surface area contributed by atoms with Gasteiger partial charge in [0.2, 0.25) is 10.0 Å². The minimum Gasteiger partial charge on any atom is -0.506 e. The van der Waals surface area contributed by atoms with Gasteiger partial charge in [0.25, 0.3) is 5.91 Å². The van der Waals surface area contributed by atoms with Gasteiger partial charge in [-0.3, -0.25) is 9.52 Å². The maximum Gasteiger partial charge on any atom is 0.347 e. The number of phenolic OH excluding ortho intramolecular Hbond substituents is 1. The van der Waals surface area contributed by atoms with E-state index in [0.29, 0.717) is 48.0 Å². The molecule has 0 aliphatic carbocycles. The first-order valence-corrected chi connectivity index (χ1v) is 21.0. The molecule has 5 aromatic carbocycles. The molecule has 1 amide bonds. The van der Waals surface area contributed by atoms with Crippen molar-refractivity contribution in [3.63, 3.8) is 0 Å². The number of carbonyl (C=O) groups excluding carboxylic acids is 1. The number of anilines is 1. The molecule has 0 aliphatic rings. The Morgan fingerprint density at radius 3 is 2.25 bits per heavy atom. The van der Waals surface area contributed by atoms with E-state index in [2.05, 4.69) is 33.6 Å². The number of ether oxygens (including phenoxy) is 2. The van der Waals surface area contributed by atoms with Crippen molar-refractivity contribution in [3.05, 3.63) is 131 Å². The second-order valence-corrected chi connectivity index (χ2v) is 16.8. The van der Waals surface area contributed by atoms with Crippen molar-refractivity contribution in [3.8, 4) is 17.2 Å². The van der Waals surface area contributed by atoms with Crippen molar-refractivity contribution >= 4 is 70.7 Å². The normalized spacial score (nSPS) is 12.0. The average molecular weight is 834 g/mol. The minimum absolute atomic E-state index is 0.0315. The predicted molar refractivity (Wildman–Crippen MR) is 226 cm³/mol. The number of phenols is 1. The summed E-state index contributed by atoms with van der Waals surface area (Å²) in [5, 5.41) is 38.3. The summed E-state index contributed by atoms with van der Waals surface area (Å²) in [6, 6.07) is 32.6. The van der Waals surface area contributed by atoms with Crippen LogP contribution < -0.4 is 24.8 Å². The smallest absolute Gasteiger partial charge is 0.347 e. The SMILES string of the molecule is CC(C)(Oc1ccc(CCNC(=O)c2ccc(Cl)cc2)cc1)C(=O)O.CS(=O)(=O)Nc1cc([C@@H](O)CNCCOc2ccc3c(c2)sc2ccccc23)ccc1O. The van der Waals surface area contributed by atoms with Gasteiger partial charge in [0.05, 0.1) is 18.0 Å². The number of fused-ring (bicyclic) bond motifs is 3. The van der Waals surface area contributed by atoms with Gasteiger partial charge in [-0.2, -0.15) is 0 Å². The Kier molecular flexibility index (Phi) is 14.4. The number of carboxylic acid groups (broad SMARTS) is 1. The van der Waals surface area contributed by atoms with Crippen molar-refractivity contribution in [2.75, 3.05) is 37.2 Å². The van der Waals surface area contributed by atoms with Gasteiger partial charge in [-0.25, -0.2) is 13.2 Å². The number of hydrogen-bond acceptors (Lipinski definition) is 10. The summed E-state index contributed by atoms with van der Waals surface area (Å²) < 4.78 is 38.8. The highest BCUT2D eigenvalue weighted by atomic mass is 35.5. The molecule has 15 heteroatoms. The number of aromatic hydroxyl groups is 1. The first kappa shape index (κ1) is 42.8. The number of nitrogens with one attached hydrogen (secondary N) is 3. The topological polar surface area (TPSA) is 184 Å².